The van der Waals surface area contributed by atoms with E-state index in [-0.39, 0.29) is 43.1 Å². The SMILES string of the molecule is CC1CCN(C(=O)CCOc2ccc(Br)cc2F)C(CN)C1.Cl. The van der Waals surface area contributed by atoms with Crippen molar-refractivity contribution in [3.8, 4) is 5.75 Å². The molecule has 130 valence electrons. The molecule has 1 aliphatic heterocycles. The molecule has 0 bridgehead atoms. The number of rotatable bonds is 5. The van der Waals surface area contributed by atoms with Gasteiger partial charge in [-0.15, -0.1) is 12.4 Å². The highest BCUT2D eigenvalue weighted by molar-refractivity contribution is 9.10. The van der Waals surface area contributed by atoms with Gasteiger partial charge in [0.05, 0.1) is 13.0 Å². The molecular formula is C16H23BrClFN2O2. The molecule has 0 aromatic heterocycles. The van der Waals surface area contributed by atoms with Gasteiger partial charge < -0.3 is 15.4 Å². The average molecular weight is 410 g/mol. The minimum Gasteiger partial charge on any atom is -0.490 e. The number of ether oxygens (including phenoxy) is 1. The molecule has 1 aromatic rings. The predicted octanol–water partition coefficient (Wildman–Crippen LogP) is 3.36. The molecule has 1 saturated heterocycles. The van der Waals surface area contributed by atoms with Gasteiger partial charge in [-0.05, 0) is 37.0 Å². The minimum atomic E-state index is -0.437. The van der Waals surface area contributed by atoms with Gasteiger partial charge in [0, 0.05) is 23.6 Å². The van der Waals surface area contributed by atoms with Gasteiger partial charge in [0.2, 0.25) is 5.91 Å². The average Bonchev–Trinajstić information content (AvgIpc) is 2.49. The van der Waals surface area contributed by atoms with Gasteiger partial charge in [0.1, 0.15) is 0 Å². The van der Waals surface area contributed by atoms with E-state index in [9.17, 15) is 9.18 Å². The molecule has 2 N–H and O–H groups in total. The van der Waals surface area contributed by atoms with Gasteiger partial charge in [-0.25, -0.2) is 4.39 Å². The largest absolute Gasteiger partial charge is 0.490 e. The van der Waals surface area contributed by atoms with Crippen LogP contribution < -0.4 is 10.5 Å². The molecule has 23 heavy (non-hydrogen) atoms. The summed E-state index contributed by atoms with van der Waals surface area (Å²) in [5.74, 6) is 0.359. The number of carbonyl (C=O) groups excluding carboxylic acids is 1. The summed E-state index contributed by atoms with van der Waals surface area (Å²) in [4.78, 5) is 14.1. The molecule has 0 saturated carbocycles. The fourth-order valence-corrected chi connectivity index (χ4v) is 3.12. The summed E-state index contributed by atoms with van der Waals surface area (Å²) >= 11 is 3.19. The Morgan fingerprint density at radius 2 is 2.26 bits per heavy atom. The summed E-state index contributed by atoms with van der Waals surface area (Å²) in [7, 11) is 0. The van der Waals surface area contributed by atoms with Crippen LogP contribution >= 0.6 is 28.3 Å². The van der Waals surface area contributed by atoms with Crippen LogP contribution in [0.5, 0.6) is 5.75 Å². The molecule has 2 rings (SSSR count). The number of nitrogens with zero attached hydrogens (tertiary/aromatic N) is 1. The van der Waals surface area contributed by atoms with Crippen molar-refractivity contribution in [2.75, 3.05) is 19.7 Å². The first-order chi connectivity index (χ1) is 10.5. The first kappa shape index (κ1) is 20.2. The zero-order valence-corrected chi connectivity index (χ0v) is 15.5. The molecule has 1 aromatic carbocycles. The summed E-state index contributed by atoms with van der Waals surface area (Å²) < 4.78 is 19.6. The normalized spacial score (nSPS) is 20.8. The molecule has 0 radical (unpaired) electrons. The van der Waals surface area contributed by atoms with E-state index >= 15 is 0 Å². The van der Waals surface area contributed by atoms with E-state index in [1.54, 1.807) is 12.1 Å². The van der Waals surface area contributed by atoms with Crippen molar-refractivity contribution in [2.24, 2.45) is 11.7 Å². The fourth-order valence-electron chi connectivity index (χ4n) is 2.79. The van der Waals surface area contributed by atoms with Gasteiger partial charge >= 0.3 is 0 Å². The van der Waals surface area contributed by atoms with Crippen LogP contribution in [0.15, 0.2) is 22.7 Å². The highest BCUT2D eigenvalue weighted by Crippen LogP contribution is 2.23. The minimum absolute atomic E-state index is 0. The predicted molar refractivity (Wildman–Crippen MR) is 94.4 cm³/mol. The Kier molecular flexibility index (Phi) is 8.29. The number of amides is 1. The van der Waals surface area contributed by atoms with Crippen LogP contribution in [0.4, 0.5) is 4.39 Å². The number of carbonyl (C=O) groups is 1. The van der Waals surface area contributed by atoms with E-state index in [2.05, 4.69) is 22.9 Å². The molecule has 1 aliphatic rings. The molecule has 1 amide bonds. The Morgan fingerprint density at radius 3 is 2.91 bits per heavy atom. The second-order valence-electron chi connectivity index (χ2n) is 5.78. The standard InChI is InChI=1S/C16H22BrFN2O2.ClH/c1-11-4-6-20(13(8-11)10-19)16(21)5-7-22-15-3-2-12(17)9-14(15)18;/h2-3,9,11,13H,4-8,10,19H2,1H3;1H. The summed E-state index contributed by atoms with van der Waals surface area (Å²) in [6.07, 6.45) is 2.19. The van der Waals surface area contributed by atoms with Crippen LogP contribution in [-0.4, -0.2) is 36.5 Å². The van der Waals surface area contributed by atoms with E-state index in [0.717, 1.165) is 19.4 Å². The van der Waals surface area contributed by atoms with Crippen molar-refractivity contribution >= 4 is 34.2 Å². The van der Waals surface area contributed by atoms with Gasteiger partial charge in [0.15, 0.2) is 11.6 Å². The Labute approximate surface area is 151 Å². The Hall–Kier alpha value is -0.850. The molecule has 0 aliphatic carbocycles. The second kappa shape index (κ2) is 9.45. The van der Waals surface area contributed by atoms with E-state index in [4.69, 9.17) is 10.5 Å². The van der Waals surface area contributed by atoms with Crippen LogP contribution in [0.3, 0.4) is 0 Å². The third-order valence-corrected chi connectivity index (χ3v) is 4.53. The first-order valence-electron chi connectivity index (χ1n) is 7.58. The van der Waals surface area contributed by atoms with Crippen LogP contribution in [0.2, 0.25) is 0 Å². The van der Waals surface area contributed by atoms with Crippen molar-refractivity contribution in [2.45, 2.75) is 32.2 Å². The molecule has 1 fully saturated rings. The monoisotopic (exact) mass is 408 g/mol. The van der Waals surface area contributed by atoms with Crippen LogP contribution in [0.25, 0.3) is 0 Å². The smallest absolute Gasteiger partial charge is 0.226 e. The maximum absolute atomic E-state index is 13.6. The second-order valence-corrected chi connectivity index (χ2v) is 6.70. The van der Waals surface area contributed by atoms with Crippen LogP contribution in [-0.2, 0) is 4.79 Å². The van der Waals surface area contributed by atoms with Crippen molar-refractivity contribution in [1.82, 2.24) is 4.90 Å². The third-order valence-electron chi connectivity index (χ3n) is 4.04. The lowest BCUT2D eigenvalue weighted by atomic mass is 9.92. The van der Waals surface area contributed by atoms with E-state index in [1.165, 1.54) is 6.07 Å². The summed E-state index contributed by atoms with van der Waals surface area (Å²) in [5, 5.41) is 0. The van der Waals surface area contributed by atoms with E-state index in [1.807, 2.05) is 4.90 Å². The molecule has 2 unspecified atom stereocenters. The molecule has 4 nitrogen and oxygen atoms in total. The maximum Gasteiger partial charge on any atom is 0.226 e. The lowest BCUT2D eigenvalue weighted by Crippen LogP contribution is -2.49. The number of nitrogens with two attached hydrogens (primary N) is 1. The lowest BCUT2D eigenvalue weighted by molar-refractivity contribution is -0.135. The number of benzene rings is 1. The van der Waals surface area contributed by atoms with E-state index in [0.29, 0.717) is 16.9 Å². The zero-order valence-electron chi connectivity index (χ0n) is 13.1. The zero-order chi connectivity index (χ0) is 16.1. The summed E-state index contributed by atoms with van der Waals surface area (Å²) in [6, 6.07) is 4.71. The molecule has 0 spiro atoms. The van der Waals surface area contributed by atoms with Gasteiger partial charge in [-0.1, -0.05) is 22.9 Å². The summed E-state index contributed by atoms with van der Waals surface area (Å²) in [6.45, 7) is 3.58. The van der Waals surface area contributed by atoms with Gasteiger partial charge in [-0.3, -0.25) is 4.79 Å². The highest BCUT2D eigenvalue weighted by atomic mass is 79.9. The first-order valence-corrected chi connectivity index (χ1v) is 8.38. The number of likely N-dealkylation sites (tertiary alicyclic amines) is 1. The Bertz CT molecular complexity index is 533. The van der Waals surface area contributed by atoms with Crippen molar-refractivity contribution < 1.29 is 13.9 Å². The Morgan fingerprint density at radius 1 is 1.52 bits per heavy atom. The lowest BCUT2D eigenvalue weighted by Gasteiger charge is -2.38. The van der Waals surface area contributed by atoms with Crippen molar-refractivity contribution in [3.05, 3.63) is 28.5 Å². The molecule has 1 heterocycles. The third kappa shape index (κ3) is 5.62. The molecule has 2 atom stereocenters. The topological polar surface area (TPSA) is 55.6 Å². The van der Waals surface area contributed by atoms with Crippen LogP contribution in [0, 0.1) is 11.7 Å². The number of hydrogen-bond acceptors (Lipinski definition) is 3. The number of halogens is 3. The molecule has 7 heteroatoms. The van der Waals surface area contributed by atoms with Gasteiger partial charge in [-0.2, -0.15) is 0 Å². The quantitative estimate of drug-likeness (QED) is 0.811. The Balaban J connectivity index is 0.00000264. The van der Waals surface area contributed by atoms with Crippen molar-refractivity contribution in [1.29, 1.82) is 0 Å². The fraction of sp³-hybridized carbons (Fsp3) is 0.562. The highest BCUT2D eigenvalue weighted by Gasteiger charge is 2.28. The van der Waals surface area contributed by atoms with Gasteiger partial charge in [0.25, 0.3) is 0 Å². The van der Waals surface area contributed by atoms with Crippen LogP contribution in [0.1, 0.15) is 26.2 Å². The van der Waals surface area contributed by atoms with Crippen molar-refractivity contribution in [3.63, 3.8) is 0 Å². The summed E-state index contributed by atoms with van der Waals surface area (Å²) in [5.41, 5.74) is 5.77. The molecular weight excluding hydrogens is 387 g/mol. The maximum atomic E-state index is 13.6. The number of hydrogen-bond donors (Lipinski definition) is 1. The number of piperidine rings is 1. The van der Waals surface area contributed by atoms with E-state index < -0.39 is 5.82 Å².